The van der Waals surface area contributed by atoms with Crippen LogP contribution in [-0.2, 0) is 10.0 Å². The Labute approximate surface area is 185 Å². The van der Waals surface area contributed by atoms with Crippen molar-refractivity contribution in [1.29, 1.82) is 0 Å². The molecule has 2 N–H and O–H groups in total. The predicted molar refractivity (Wildman–Crippen MR) is 124 cm³/mol. The number of amides is 1. The lowest BCUT2D eigenvalue weighted by Crippen LogP contribution is -2.19. The van der Waals surface area contributed by atoms with Gasteiger partial charge in [-0.05, 0) is 54.3 Å². The van der Waals surface area contributed by atoms with Crippen molar-refractivity contribution in [3.8, 4) is 5.75 Å². The Hall–Kier alpha value is -3.30. The van der Waals surface area contributed by atoms with Crippen LogP contribution < -0.4 is 14.9 Å². The monoisotopic (exact) mass is 455 g/mol. The van der Waals surface area contributed by atoms with Crippen LogP contribution in [0.1, 0.15) is 15.9 Å². The van der Waals surface area contributed by atoms with E-state index >= 15 is 0 Å². The number of nitrogens with zero attached hydrogens (tertiary/aromatic N) is 1. The first-order valence-corrected chi connectivity index (χ1v) is 11.9. The van der Waals surface area contributed by atoms with Gasteiger partial charge in [-0.3, -0.25) is 9.52 Å². The minimum Gasteiger partial charge on any atom is -0.495 e. The fourth-order valence-corrected chi connectivity index (χ4v) is 4.18. The van der Waals surface area contributed by atoms with Crippen molar-refractivity contribution in [2.24, 2.45) is 5.10 Å². The quantitative estimate of drug-likeness (QED) is 0.304. The summed E-state index contributed by atoms with van der Waals surface area (Å²) in [6.07, 6.45) is 3.51. The number of benzene rings is 3. The SMILES string of the molecule is COc1ccccc1NS(=O)(=O)c1cccc(C(=O)N/N=C/c2ccc(SC)cc2)c1. The van der Waals surface area contributed by atoms with Gasteiger partial charge in [0, 0.05) is 10.5 Å². The lowest BCUT2D eigenvalue weighted by Gasteiger charge is -2.12. The lowest BCUT2D eigenvalue weighted by molar-refractivity contribution is 0.0955. The molecule has 0 spiro atoms. The fraction of sp³-hybridized carbons (Fsp3) is 0.0909. The highest BCUT2D eigenvalue weighted by atomic mass is 32.2. The summed E-state index contributed by atoms with van der Waals surface area (Å²) >= 11 is 1.63. The predicted octanol–water partition coefficient (Wildman–Crippen LogP) is 3.98. The molecule has 7 nitrogen and oxygen atoms in total. The van der Waals surface area contributed by atoms with Crippen molar-refractivity contribution in [1.82, 2.24) is 5.43 Å². The first-order chi connectivity index (χ1) is 14.9. The van der Waals surface area contributed by atoms with E-state index in [1.807, 2.05) is 30.5 Å². The Morgan fingerprint density at radius 2 is 1.77 bits per heavy atom. The molecule has 0 aliphatic rings. The van der Waals surface area contributed by atoms with E-state index in [4.69, 9.17) is 4.74 Å². The number of carbonyl (C=O) groups is 1. The average molecular weight is 456 g/mol. The largest absolute Gasteiger partial charge is 0.495 e. The molecule has 0 saturated heterocycles. The number of carbonyl (C=O) groups excluding carboxylic acids is 1. The summed E-state index contributed by atoms with van der Waals surface area (Å²) < 4.78 is 33.2. The van der Waals surface area contributed by atoms with E-state index in [1.165, 1.54) is 37.6 Å². The molecule has 0 unspecified atom stereocenters. The molecule has 9 heteroatoms. The summed E-state index contributed by atoms with van der Waals surface area (Å²) in [5.41, 5.74) is 3.71. The number of rotatable bonds is 8. The molecule has 0 fully saturated rings. The lowest BCUT2D eigenvalue weighted by atomic mass is 10.2. The molecule has 0 radical (unpaired) electrons. The van der Waals surface area contributed by atoms with Gasteiger partial charge in [-0.25, -0.2) is 13.8 Å². The number of thioether (sulfide) groups is 1. The van der Waals surface area contributed by atoms with E-state index in [1.54, 1.807) is 36.0 Å². The standard InChI is InChI=1S/C22H21N3O4S2/c1-29-21-9-4-3-8-20(21)25-31(27,28)19-7-5-6-17(14-19)22(26)24-23-15-16-10-12-18(30-2)13-11-16/h3-15,25H,1-2H3,(H,24,26)/b23-15+. The summed E-state index contributed by atoms with van der Waals surface area (Å²) in [6, 6.07) is 20.1. The molecule has 0 bridgehead atoms. The number of methoxy groups -OCH3 is 1. The van der Waals surface area contributed by atoms with E-state index < -0.39 is 15.9 Å². The van der Waals surface area contributed by atoms with Gasteiger partial charge in [0.25, 0.3) is 15.9 Å². The number of para-hydroxylation sites is 2. The van der Waals surface area contributed by atoms with Crippen LogP contribution in [0.25, 0.3) is 0 Å². The maximum absolute atomic E-state index is 12.8. The topological polar surface area (TPSA) is 96.9 Å². The minimum atomic E-state index is -3.92. The summed E-state index contributed by atoms with van der Waals surface area (Å²) in [6.45, 7) is 0. The van der Waals surface area contributed by atoms with Crippen LogP contribution in [0.3, 0.4) is 0 Å². The third kappa shape index (κ3) is 5.87. The van der Waals surface area contributed by atoms with Gasteiger partial charge in [0.2, 0.25) is 0 Å². The number of hydrogen-bond acceptors (Lipinski definition) is 6. The van der Waals surface area contributed by atoms with E-state index in [2.05, 4.69) is 15.2 Å². The van der Waals surface area contributed by atoms with Gasteiger partial charge in [0.1, 0.15) is 5.75 Å². The zero-order chi connectivity index (χ0) is 22.3. The van der Waals surface area contributed by atoms with Crippen LogP contribution in [0, 0.1) is 0 Å². The third-order valence-corrected chi connectivity index (χ3v) is 6.36. The highest BCUT2D eigenvalue weighted by Gasteiger charge is 2.18. The van der Waals surface area contributed by atoms with E-state index in [-0.39, 0.29) is 10.5 Å². The molecule has 1 amide bonds. The fourth-order valence-electron chi connectivity index (χ4n) is 2.66. The van der Waals surface area contributed by atoms with Gasteiger partial charge >= 0.3 is 0 Å². The van der Waals surface area contributed by atoms with Gasteiger partial charge in [0.15, 0.2) is 0 Å². The molecule has 0 saturated carbocycles. The van der Waals surface area contributed by atoms with Crippen molar-refractivity contribution < 1.29 is 17.9 Å². The van der Waals surface area contributed by atoms with Crippen molar-refractivity contribution in [3.05, 3.63) is 83.9 Å². The molecule has 0 aromatic heterocycles. The smallest absolute Gasteiger partial charge is 0.271 e. The molecule has 3 aromatic carbocycles. The number of ether oxygens (including phenoxy) is 1. The normalized spacial score (nSPS) is 11.3. The Morgan fingerprint density at radius 3 is 2.48 bits per heavy atom. The van der Waals surface area contributed by atoms with Crippen molar-refractivity contribution in [3.63, 3.8) is 0 Å². The van der Waals surface area contributed by atoms with Crippen molar-refractivity contribution in [2.75, 3.05) is 18.1 Å². The number of anilines is 1. The van der Waals surface area contributed by atoms with Crippen LogP contribution >= 0.6 is 11.8 Å². The molecule has 0 atom stereocenters. The second-order valence-corrected chi connectivity index (χ2v) is 8.87. The number of hydrogen-bond donors (Lipinski definition) is 2. The maximum atomic E-state index is 12.8. The van der Waals surface area contributed by atoms with E-state index in [9.17, 15) is 13.2 Å². The van der Waals surface area contributed by atoms with Crippen molar-refractivity contribution >= 4 is 39.6 Å². The van der Waals surface area contributed by atoms with Crippen LogP contribution in [0.15, 0.2) is 87.7 Å². The van der Waals surface area contributed by atoms with Gasteiger partial charge < -0.3 is 4.74 Å². The van der Waals surface area contributed by atoms with Gasteiger partial charge in [-0.15, -0.1) is 11.8 Å². The highest BCUT2D eigenvalue weighted by Crippen LogP contribution is 2.26. The second-order valence-electron chi connectivity index (χ2n) is 6.31. The Morgan fingerprint density at radius 1 is 1.03 bits per heavy atom. The van der Waals surface area contributed by atoms with Crippen LogP contribution in [0.5, 0.6) is 5.75 Å². The summed E-state index contributed by atoms with van der Waals surface area (Å²) in [5.74, 6) is -0.133. The minimum absolute atomic E-state index is 0.0531. The molecular formula is C22H21N3O4S2. The second kappa shape index (κ2) is 10.1. The summed E-state index contributed by atoms with van der Waals surface area (Å²) in [7, 11) is -2.47. The van der Waals surface area contributed by atoms with Crippen molar-refractivity contribution in [2.45, 2.75) is 9.79 Å². The molecular weight excluding hydrogens is 434 g/mol. The Balaban J connectivity index is 1.72. The van der Waals surface area contributed by atoms with Gasteiger partial charge in [0.05, 0.1) is 23.9 Å². The maximum Gasteiger partial charge on any atom is 0.271 e. The van der Waals surface area contributed by atoms with Crippen LogP contribution in [-0.4, -0.2) is 33.9 Å². The zero-order valence-corrected chi connectivity index (χ0v) is 18.5. The Bertz CT molecular complexity index is 1190. The molecule has 0 aliphatic carbocycles. The third-order valence-electron chi connectivity index (χ3n) is 4.25. The Kier molecular flexibility index (Phi) is 7.32. The number of hydrazone groups is 1. The number of sulfonamides is 1. The van der Waals surface area contributed by atoms with Crippen LogP contribution in [0.2, 0.25) is 0 Å². The molecule has 3 aromatic rings. The molecule has 3 rings (SSSR count). The first kappa shape index (κ1) is 22.4. The van der Waals surface area contributed by atoms with Gasteiger partial charge in [-0.1, -0.05) is 30.3 Å². The summed E-state index contributed by atoms with van der Waals surface area (Å²) in [5, 5.41) is 3.94. The molecule has 0 aliphatic heterocycles. The van der Waals surface area contributed by atoms with Gasteiger partial charge in [-0.2, -0.15) is 5.10 Å². The average Bonchev–Trinajstić information content (AvgIpc) is 2.79. The first-order valence-electron chi connectivity index (χ1n) is 9.16. The highest BCUT2D eigenvalue weighted by molar-refractivity contribution is 7.98. The van der Waals surface area contributed by atoms with Crippen LogP contribution in [0.4, 0.5) is 5.69 Å². The summed E-state index contributed by atoms with van der Waals surface area (Å²) in [4.78, 5) is 13.5. The number of nitrogens with one attached hydrogen (secondary N) is 2. The van der Waals surface area contributed by atoms with E-state index in [0.717, 1.165) is 10.5 Å². The molecule has 160 valence electrons. The molecule has 31 heavy (non-hydrogen) atoms. The van der Waals surface area contributed by atoms with E-state index in [0.29, 0.717) is 11.4 Å². The molecule has 0 heterocycles. The zero-order valence-electron chi connectivity index (χ0n) is 16.9.